The van der Waals surface area contributed by atoms with Crippen LogP contribution in [0, 0.1) is 5.92 Å². The molecule has 0 aliphatic carbocycles. The van der Waals surface area contributed by atoms with Gasteiger partial charge in [-0.2, -0.15) is 0 Å². The van der Waals surface area contributed by atoms with Crippen LogP contribution in [0.1, 0.15) is 54.9 Å². The van der Waals surface area contributed by atoms with Gasteiger partial charge in [0.05, 0.1) is 24.9 Å². The van der Waals surface area contributed by atoms with Gasteiger partial charge in [0, 0.05) is 44.6 Å². The van der Waals surface area contributed by atoms with E-state index in [0.717, 1.165) is 52.9 Å². The Morgan fingerprint density at radius 2 is 1.72 bits per heavy atom. The highest BCUT2D eigenvalue weighted by molar-refractivity contribution is 5.73. The van der Waals surface area contributed by atoms with Crippen molar-refractivity contribution in [2.45, 2.75) is 58.0 Å². The number of hydrogen-bond acceptors (Lipinski definition) is 6. The first-order chi connectivity index (χ1) is 18.9. The molecule has 2 fully saturated rings. The molecule has 0 saturated carbocycles. The number of carbonyl (C=O) groups excluding carboxylic acids is 1. The van der Waals surface area contributed by atoms with Crippen LogP contribution >= 0.6 is 0 Å². The number of ether oxygens (including phenoxy) is 2. The van der Waals surface area contributed by atoms with Crippen molar-refractivity contribution in [1.29, 1.82) is 0 Å². The van der Waals surface area contributed by atoms with Crippen LogP contribution in [0.5, 0.6) is 0 Å². The number of hydrogen-bond donors (Lipinski definition) is 3. The van der Waals surface area contributed by atoms with Gasteiger partial charge in [0.2, 0.25) is 5.91 Å². The van der Waals surface area contributed by atoms with E-state index < -0.39 is 6.29 Å². The van der Waals surface area contributed by atoms with E-state index in [4.69, 9.17) is 9.47 Å². The van der Waals surface area contributed by atoms with E-state index in [2.05, 4.69) is 41.4 Å². The third kappa shape index (κ3) is 6.75. The summed E-state index contributed by atoms with van der Waals surface area (Å²) in [5.41, 5.74) is 6.00. The predicted molar refractivity (Wildman–Crippen MR) is 149 cm³/mol. The van der Waals surface area contributed by atoms with Gasteiger partial charge in [-0.3, -0.25) is 9.69 Å². The molecule has 2 heterocycles. The quantitative estimate of drug-likeness (QED) is 0.401. The zero-order valence-electron chi connectivity index (χ0n) is 22.6. The Morgan fingerprint density at radius 1 is 0.974 bits per heavy atom. The molecule has 0 bridgehead atoms. The van der Waals surface area contributed by atoms with Crippen LogP contribution in [-0.4, -0.2) is 52.9 Å². The molecule has 3 N–H and O–H groups in total. The molecule has 5 unspecified atom stereocenters. The van der Waals surface area contributed by atoms with E-state index in [1.165, 1.54) is 6.92 Å². The van der Waals surface area contributed by atoms with Gasteiger partial charge in [-0.05, 0) is 46.4 Å². The van der Waals surface area contributed by atoms with Crippen molar-refractivity contribution in [3.63, 3.8) is 0 Å². The highest BCUT2D eigenvalue weighted by Crippen LogP contribution is 2.42. The number of aliphatic hydroxyl groups is 2. The van der Waals surface area contributed by atoms with Crippen LogP contribution in [0.25, 0.3) is 11.1 Å². The second-order valence-corrected chi connectivity index (χ2v) is 10.8. The largest absolute Gasteiger partial charge is 0.392 e. The fraction of sp³-hybridized carbons (Fsp3) is 0.406. The molecule has 0 radical (unpaired) electrons. The van der Waals surface area contributed by atoms with E-state index in [-0.39, 0.29) is 36.7 Å². The Morgan fingerprint density at radius 3 is 2.41 bits per heavy atom. The van der Waals surface area contributed by atoms with Crippen LogP contribution in [-0.2, 0) is 27.4 Å². The summed E-state index contributed by atoms with van der Waals surface area (Å²) in [4.78, 5) is 13.6. The lowest BCUT2D eigenvalue weighted by Gasteiger charge is -2.42. The van der Waals surface area contributed by atoms with Crippen LogP contribution in [0.4, 0.5) is 0 Å². The SMILES string of the molecule is CC(=O)NCc1cccc(-c2cccc(C3OC(CN4CCC(O)C4)C(C)C(c4ccc(CO)cc4)O3)c2)c1. The van der Waals surface area contributed by atoms with Crippen molar-refractivity contribution in [1.82, 2.24) is 10.2 Å². The summed E-state index contributed by atoms with van der Waals surface area (Å²) >= 11 is 0. The highest BCUT2D eigenvalue weighted by Gasteiger charge is 2.40. The molecule has 5 rings (SSSR count). The molecule has 206 valence electrons. The minimum absolute atomic E-state index is 0.00577. The number of β-amino-alcohol motifs (C(OH)–C–C–N with tert-alkyl or cyclic N) is 1. The Balaban J connectivity index is 1.41. The monoisotopic (exact) mass is 530 g/mol. The van der Waals surface area contributed by atoms with E-state index in [1.54, 1.807) is 0 Å². The summed E-state index contributed by atoms with van der Waals surface area (Å²) in [6, 6.07) is 24.3. The minimum atomic E-state index is -0.552. The van der Waals surface area contributed by atoms with E-state index >= 15 is 0 Å². The van der Waals surface area contributed by atoms with Gasteiger partial charge in [0.1, 0.15) is 0 Å². The summed E-state index contributed by atoms with van der Waals surface area (Å²) < 4.78 is 13.3. The Kier molecular flexibility index (Phi) is 8.75. The van der Waals surface area contributed by atoms with E-state index in [9.17, 15) is 15.0 Å². The number of aliphatic hydroxyl groups excluding tert-OH is 2. The molecule has 2 aliphatic heterocycles. The van der Waals surface area contributed by atoms with Gasteiger partial charge in [0.15, 0.2) is 6.29 Å². The van der Waals surface area contributed by atoms with E-state index in [1.807, 2.05) is 48.5 Å². The van der Waals surface area contributed by atoms with Gasteiger partial charge >= 0.3 is 0 Å². The second kappa shape index (κ2) is 12.4. The first-order valence-electron chi connectivity index (χ1n) is 13.7. The smallest absolute Gasteiger partial charge is 0.217 e. The van der Waals surface area contributed by atoms with Crippen molar-refractivity contribution >= 4 is 5.91 Å². The third-order valence-electron chi connectivity index (χ3n) is 7.77. The minimum Gasteiger partial charge on any atom is -0.392 e. The molecule has 2 saturated heterocycles. The maximum atomic E-state index is 11.4. The summed E-state index contributed by atoms with van der Waals surface area (Å²) in [5.74, 6) is 0.0365. The maximum absolute atomic E-state index is 11.4. The average Bonchev–Trinajstić information content (AvgIpc) is 3.37. The predicted octanol–water partition coefficient (Wildman–Crippen LogP) is 4.34. The summed E-state index contributed by atoms with van der Waals surface area (Å²) in [6.07, 6.45) is -0.310. The Hall–Kier alpha value is -3.07. The molecular formula is C32H38N2O5. The molecule has 39 heavy (non-hydrogen) atoms. The summed E-state index contributed by atoms with van der Waals surface area (Å²) in [6.45, 7) is 6.43. The van der Waals surface area contributed by atoms with Gasteiger partial charge in [-0.15, -0.1) is 0 Å². The third-order valence-corrected chi connectivity index (χ3v) is 7.77. The summed E-state index contributed by atoms with van der Waals surface area (Å²) in [5, 5.41) is 22.4. The molecular weight excluding hydrogens is 492 g/mol. The second-order valence-electron chi connectivity index (χ2n) is 10.8. The molecule has 0 spiro atoms. The first kappa shape index (κ1) is 27.5. The molecule has 3 aromatic carbocycles. The van der Waals surface area contributed by atoms with Crippen LogP contribution < -0.4 is 5.32 Å². The Bertz CT molecular complexity index is 1260. The van der Waals surface area contributed by atoms with Gasteiger partial charge in [0.25, 0.3) is 0 Å². The maximum Gasteiger partial charge on any atom is 0.217 e. The molecule has 7 nitrogen and oxygen atoms in total. The Labute approximate surface area is 230 Å². The number of benzene rings is 3. The number of nitrogens with zero attached hydrogens (tertiary/aromatic N) is 1. The lowest BCUT2D eigenvalue weighted by Crippen LogP contribution is -2.44. The van der Waals surface area contributed by atoms with Crippen LogP contribution in [0.3, 0.4) is 0 Å². The zero-order valence-corrected chi connectivity index (χ0v) is 22.6. The molecule has 3 aromatic rings. The molecule has 7 heteroatoms. The first-order valence-corrected chi connectivity index (χ1v) is 13.7. The van der Waals surface area contributed by atoms with E-state index in [0.29, 0.717) is 13.1 Å². The molecule has 1 amide bonds. The normalized spacial score (nSPS) is 25.5. The number of rotatable bonds is 8. The molecule has 2 aliphatic rings. The standard InChI is InChI=1S/C32H38N2O5/c1-21-30(19-34-14-13-29(37)18-34)38-32(39-31(21)25-11-9-23(20-35)10-12-25)28-8-4-7-27(16-28)26-6-3-5-24(15-26)17-33-22(2)36/h3-12,15-16,21,29-32,35,37H,13-14,17-20H2,1-2H3,(H,33,36). The zero-order chi connectivity index (χ0) is 27.4. The van der Waals surface area contributed by atoms with Crippen molar-refractivity contribution in [2.24, 2.45) is 5.92 Å². The van der Waals surface area contributed by atoms with Gasteiger partial charge in [-0.1, -0.05) is 67.6 Å². The molecule has 5 atom stereocenters. The van der Waals surface area contributed by atoms with Crippen LogP contribution in [0.15, 0.2) is 72.8 Å². The van der Waals surface area contributed by atoms with Gasteiger partial charge < -0.3 is 25.0 Å². The van der Waals surface area contributed by atoms with Crippen molar-refractivity contribution in [3.05, 3.63) is 95.1 Å². The number of nitrogens with one attached hydrogen (secondary N) is 1. The lowest BCUT2D eigenvalue weighted by molar-refractivity contribution is -0.276. The number of likely N-dealkylation sites (tertiary alicyclic amines) is 1. The fourth-order valence-electron chi connectivity index (χ4n) is 5.51. The van der Waals surface area contributed by atoms with Crippen molar-refractivity contribution in [3.8, 4) is 11.1 Å². The van der Waals surface area contributed by atoms with Crippen molar-refractivity contribution < 1.29 is 24.5 Å². The highest BCUT2D eigenvalue weighted by atomic mass is 16.7. The topological polar surface area (TPSA) is 91.3 Å². The lowest BCUT2D eigenvalue weighted by atomic mass is 9.90. The van der Waals surface area contributed by atoms with Gasteiger partial charge in [-0.25, -0.2) is 0 Å². The number of amides is 1. The average molecular weight is 531 g/mol. The number of carbonyl (C=O) groups is 1. The molecule has 0 aromatic heterocycles. The van der Waals surface area contributed by atoms with Crippen molar-refractivity contribution in [2.75, 3.05) is 19.6 Å². The van der Waals surface area contributed by atoms with Crippen LogP contribution in [0.2, 0.25) is 0 Å². The summed E-state index contributed by atoms with van der Waals surface area (Å²) in [7, 11) is 0. The fourth-order valence-corrected chi connectivity index (χ4v) is 5.51.